The number of halogens is 2. The Balaban J connectivity index is 1.81. The fourth-order valence-corrected chi connectivity index (χ4v) is 2.42. The fourth-order valence-electron chi connectivity index (χ4n) is 2.42. The first-order chi connectivity index (χ1) is 9.97. The van der Waals surface area contributed by atoms with Gasteiger partial charge in [-0.2, -0.15) is 0 Å². The Labute approximate surface area is 124 Å². The van der Waals surface area contributed by atoms with Gasteiger partial charge < -0.3 is 10.6 Å². The fraction of sp³-hybridized carbons (Fsp3) is 0.562. The van der Waals surface area contributed by atoms with Gasteiger partial charge in [-0.1, -0.05) is 38.1 Å². The second-order valence-electron chi connectivity index (χ2n) is 6.03. The van der Waals surface area contributed by atoms with Crippen LogP contribution in [0.15, 0.2) is 24.3 Å². The molecule has 2 N–H and O–H groups in total. The number of urea groups is 1. The maximum absolute atomic E-state index is 12.4. The lowest BCUT2D eigenvalue weighted by Gasteiger charge is -2.13. The monoisotopic (exact) mass is 296 g/mol. The van der Waals surface area contributed by atoms with Gasteiger partial charge in [0.1, 0.15) is 0 Å². The molecule has 21 heavy (non-hydrogen) atoms. The van der Waals surface area contributed by atoms with Gasteiger partial charge in [-0.05, 0) is 29.9 Å². The number of hydrogen-bond donors (Lipinski definition) is 2. The lowest BCUT2D eigenvalue weighted by atomic mass is 9.98. The van der Waals surface area contributed by atoms with Crippen molar-refractivity contribution in [3.8, 4) is 0 Å². The number of carbonyl (C=O) groups is 1. The molecule has 1 fully saturated rings. The van der Waals surface area contributed by atoms with E-state index >= 15 is 0 Å². The van der Waals surface area contributed by atoms with E-state index in [2.05, 4.69) is 30.5 Å². The molecule has 1 aliphatic carbocycles. The first kappa shape index (κ1) is 15.7. The summed E-state index contributed by atoms with van der Waals surface area (Å²) >= 11 is 0. The van der Waals surface area contributed by atoms with Crippen molar-refractivity contribution in [1.82, 2.24) is 10.6 Å². The topological polar surface area (TPSA) is 41.1 Å². The van der Waals surface area contributed by atoms with E-state index in [1.54, 1.807) is 0 Å². The highest BCUT2D eigenvalue weighted by atomic mass is 19.3. The molecule has 1 aromatic carbocycles. The van der Waals surface area contributed by atoms with Crippen molar-refractivity contribution >= 4 is 6.03 Å². The van der Waals surface area contributed by atoms with Gasteiger partial charge in [0.25, 0.3) is 0 Å². The zero-order chi connectivity index (χ0) is 15.4. The van der Waals surface area contributed by atoms with Gasteiger partial charge in [-0.15, -0.1) is 0 Å². The summed E-state index contributed by atoms with van der Waals surface area (Å²) in [6.45, 7) is 4.71. The Bertz CT molecular complexity index is 491. The maximum Gasteiger partial charge on any atom is 0.315 e. The molecule has 0 aromatic heterocycles. The van der Waals surface area contributed by atoms with Crippen LogP contribution in [0.25, 0.3) is 0 Å². The first-order valence-corrected chi connectivity index (χ1v) is 7.36. The van der Waals surface area contributed by atoms with Crippen LogP contribution in [0.2, 0.25) is 0 Å². The molecule has 0 bridgehead atoms. The number of alkyl halides is 2. The minimum absolute atomic E-state index is 0.370. The molecule has 3 nitrogen and oxygen atoms in total. The van der Waals surface area contributed by atoms with E-state index < -0.39 is 12.3 Å². The van der Waals surface area contributed by atoms with E-state index in [-0.39, 0.29) is 12.1 Å². The molecule has 0 spiro atoms. The molecular formula is C16H22F2N2O. The van der Waals surface area contributed by atoms with Crippen molar-refractivity contribution < 1.29 is 13.6 Å². The Kier molecular flexibility index (Phi) is 5.15. The number of rotatable bonds is 6. The highest BCUT2D eigenvalue weighted by Crippen LogP contribution is 2.35. The smallest absolute Gasteiger partial charge is 0.315 e. The van der Waals surface area contributed by atoms with Gasteiger partial charge in [-0.25, -0.2) is 13.6 Å². The molecular weight excluding hydrogens is 274 g/mol. The van der Waals surface area contributed by atoms with E-state index in [0.29, 0.717) is 18.9 Å². The quantitative estimate of drug-likeness (QED) is 0.830. The van der Waals surface area contributed by atoms with Crippen molar-refractivity contribution in [2.45, 2.75) is 45.7 Å². The molecule has 1 aromatic rings. The van der Waals surface area contributed by atoms with Crippen LogP contribution < -0.4 is 10.6 Å². The number of hydrogen-bond acceptors (Lipinski definition) is 1. The standard InChI is InChI=1S/C16H22F2N2O/c1-10(2)7-11-5-3-4-6-12(11)9-19-16(21)20-14-8-13(14)15(17)18/h3-6,10,13-15H,7-9H2,1-2H3,(H2,19,20,21)/t13-,14+/m0/s1. The van der Waals surface area contributed by atoms with Crippen molar-refractivity contribution in [3.63, 3.8) is 0 Å². The molecule has 0 aliphatic heterocycles. The van der Waals surface area contributed by atoms with Crippen LogP contribution in [-0.2, 0) is 13.0 Å². The Morgan fingerprint density at radius 1 is 1.29 bits per heavy atom. The predicted octanol–water partition coefficient (Wildman–Crippen LogP) is 3.34. The summed E-state index contributed by atoms with van der Waals surface area (Å²) in [5.74, 6) is -0.137. The third-order valence-corrected chi connectivity index (χ3v) is 3.67. The van der Waals surface area contributed by atoms with Crippen LogP contribution >= 0.6 is 0 Å². The average molecular weight is 296 g/mol. The third-order valence-electron chi connectivity index (χ3n) is 3.67. The van der Waals surface area contributed by atoms with Crippen LogP contribution in [0.4, 0.5) is 13.6 Å². The van der Waals surface area contributed by atoms with E-state index in [9.17, 15) is 13.6 Å². The van der Waals surface area contributed by atoms with Crippen LogP contribution in [-0.4, -0.2) is 18.5 Å². The molecule has 116 valence electrons. The molecule has 0 radical (unpaired) electrons. The van der Waals surface area contributed by atoms with Gasteiger partial charge in [-0.3, -0.25) is 0 Å². The van der Waals surface area contributed by atoms with Crippen molar-refractivity contribution in [1.29, 1.82) is 0 Å². The first-order valence-electron chi connectivity index (χ1n) is 7.36. The molecule has 2 amide bonds. The molecule has 1 saturated carbocycles. The van der Waals surface area contributed by atoms with Gasteiger partial charge in [0.15, 0.2) is 0 Å². The van der Waals surface area contributed by atoms with Crippen LogP contribution in [0.5, 0.6) is 0 Å². The zero-order valence-corrected chi connectivity index (χ0v) is 12.4. The second-order valence-corrected chi connectivity index (χ2v) is 6.03. The molecule has 2 atom stereocenters. The van der Waals surface area contributed by atoms with Crippen molar-refractivity contribution in [2.75, 3.05) is 0 Å². The summed E-state index contributed by atoms with van der Waals surface area (Å²) in [5.41, 5.74) is 2.28. The number of carbonyl (C=O) groups excluding carboxylic acids is 1. The van der Waals surface area contributed by atoms with Gasteiger partial charge >= 0.3 is 6.03 Å². The Hall–Kier alpha value is -1.65. The minimum atomic E-state index is -2.35. The summed E-state index contributed by atoms with van der Waals surface area (Å²) in [5, 5.41) is 5.33. The minimum Gasteiger partial charge on any atom is -0.335 e. The summed E-state index contributed by atoms with van der Waals surface area (Å²) in [6, 6.07) is 7.21. The highest BCUT2D eigenvalue weighted by Gasteiger charge is 2.45. The highest BCUT2D eigenvalue weighted by molar-refractivity contribution is 5.74. The van der Waals surface area contributed by atoms with E-state index in [1.165, 1.54) is 5.56 Å². The van der Waals surface area contributed by atoms with Crippen molar-refractivity contribution in [2.24, 2.45) is 11.8 Å². The predicted molar refractivity (Wildman–Crippen MR) is 78.3 cm³/mol. The van der Waals surface area contributed by atoms with E-state index in [1.807, 2.05) is 18.2 Å². The summed E-state index contributed by atoms with van der Waals surface area (Å²) in [7, 11) is 0. The molecule has 0 heterocycles. The number of nitrogens with one attached hydrogen (secondary N) is 2. The number of benzene rings is 1. The Morgan fingerprint density at radius 2 is 1.95 bits per heavy atom. The zero-order valence-electron chi connectivity index (χ0n) is 12.4. The maximum atomic E-state index is 12.4. The lowest BCUT2D eigenvalue weighted by molar-refractivity contribution is 0.119. The summed E-state index contributed by atoms with van der Waals surface area (Å²) in [6.07, 6.45) is -1.02. The Morgan fingerprint density at radius 3 is 2.52 bits per heavy atom. The van der Waals surface area contributed by atoms with Crippen LogP contribution in [0.3, 0.4) is 0 Å². The van der Waals surface area contributed by atoms with Gasteiger partial charge in [0.05, 0.1) is 0 Å². The van der Waals surface area contributed by atoms with Crippen molar-refractivity contribution in [3.05, 3.63) is 35.4 Å². The molecule has 1 aliphatic rings. The lowest BCUT2D eigenvalue weighted by Crippen LogP contribution is -2.37. The molecule has 0 saturated heterocycles. The summed E-state index contributed by atoms with van der Waals surface area (Å²) < 4.78 is 24.7. The molecule has 0 unspecified atom stereocenters. The van der Waals surface area contributed by atoms with E-state index in [0.717, 1.165) is 12.0 Å². The van der Waals surface area contributed by atoms with E-state index in [4.69, 9.17) is 0 Å². The molecule has 5 heteroatoms. The second kappa shape index (κ2) is 6.87. The van der Waals surface area contributed by atoms with Crippen LogP contribution in [0.1, 0.15) is 31.4 Å². The van der Waals surface area contributed by atoms with Gasteiger partial charge in [0.2, 0.25) is 6.43 Å². The molecule has 2 rings (SSSR count). The average Bonchev–Trinajstić information content (AvgIpc) is 3.16. The SMILES string of the molecule is CC(C)Cc1ccccc1CNC(=O)N[C@@H]1C[C@@H]1C(F)F. The third kappa shape index (κ3) is 4.69. The van der Waals surface area contributed by atoms with Crippen LogP contribution in [0, 0.1) is 11.8 Å². The summed E-state index contributed by atoms with van der Waals surface area (Å²) in [4.78, 5) is 11.7. The van der Waals surface area contributed by atoms with Gasteiger partial charge in [0, 0.05) is 18.5 Å². The largest absolute Gasteiger partial charge is 0.335 e. The normalized spacial score (nSPS) is 20.7. The number of amides is 2.